The Morgan fingerprint density at radius 1 is 0.900 bits per heavy atom. The third-order valence-corrected chi connectivity index (χ3v) is 5.50. The molecule has 0 saturated heterocycles. The molecule has 0 radical (unpaired) electrons. The number of anilines is 4. The zero-order chi connectivity index (χ0) is 20.7. The summed E-state index contributed by atoms with van der Waals surface area (Å²) in [6, 6.07) is 22.3. The summed E-state index contributed by atoms with van der Waals surface area (Å²) in [7, 11) is 0. The Morgan fingerprint density at radius 2 is 1.70 bits per heavy atom. The number of hydrogen-bond acceptors (Lipinski definition) is 4. The number of amides is 1. The van der Waals surface area contributed by atoms with Gasteiger partial charge in [0.1, 0.15) is 5.75 Å². The van der Waals surface area contributed by atoms with E-state index in [1.165, 1.54) is 0 Å². The van der Waals surface area contributed by atoms with Gasteiger partial charge in [0.25, 0.3) is 0 Å². The predicted molar refractivity (Wildman–Crippen MR) is 120 cm³/mol. The number of phenolic OH excluding ortho intramolecular Hbond substituents is 1. The van der Waals surface area contributed by atoms with Gasteiger partial charge in [0.05, 0.1) is 28.8 Å². The van der Waals surface area contributed by atoms with Crippen LogP contribution in [-0.2, 0) is 4.79 Å². The summed E-state index contributed by atoms with van der Waals surface area (Å²) in [4.78, 5) is 21.5. The van der Waals surface area contributed by atoms with Gasteiger partial charge in [-0.15, -0.1) is 0 Å². The van der Waals surface area contributed by atoms with E-state index in [-0.39, 0.29) is 11.7 Å². The van der Waals surface area contributed by atoms with Gasteiger partial charge in [-0.05, 0) is 54.6 Å². The second-order valence-electron chi connectivity index (χ2n) is 7.17. The lowest BCUT2D eigenvalue weighted by atomic mass is 10.1. The fraction of sp³-hybridized carbons (Fsp3) is 0.0833. The molecule has 1 aliphatic heterocycles. The van der Waals surface area contributed by atoms with Crippen LogP contribution >= 0.6 is 11.6 Å². The molecule has 0 aliphatic carbocycles. The standard InChI is InChI=1S/C24H18ClN3O2/c25-17-5-10-22-23(14-17)27(18-6-8-20(29)9-7-18)12-11-24(30)28(22)19-13-16-3-1-2-4-21(16)26-15-19/h1-10,13-15,29H,11-12H2. The largest absolute Gasteiger partial charge is 0.508 e. The summed E-state index contributed by atoms with van der Waals surface area (Å²) in [5.74, 6) is 0.178. The minimum atomic E-state index is -0.0167. The van der Waals surface area contributed by atoms with Crippen molar-refractivity contribution in [2.24, 2.45) is 0 Å². The predicted octanol–water partition coefficient (Wildman–Crippen LogP) is 5.80. The summed E-state index contributed by atoms with van der Waals surface area (Å²) >= 11 is 6.33. The molecule has 0 spiro atoms. The van der Waals surface area contributed by atoms with Crippen LogP contribution in [-0.4, -0.2) is 22.5 Å². The van der Waals surface area contributed by atoms with E-state index in [0.29, 0.717) is 18.0 Å². The van der Waals surface area contributed by atoms with Gasteiger partial charge >= 0.3 is 0 Å². The number of fused-ring (bicyclic) bond motifs is 2. The summed E-state index contributed by atoms with van der Waals surface area (Å²) < 4.78 is 0. The number of aromatic nitrogens is 1. The molecule has 0 atom stereocenters. The maximum Gasteiger partial charge on any atom is 0.233 e. The smallest absolute Gasteiger partial charge is 0.233 e. The van der Waals surface area contributed by atoms with E-state index in [4.69, 9.17) is 11.6 Å². The van der Waals surface area contributed by atoms with E-state index < -0.39 is 0 Å². The van der Waals surface area contributed by atoms with E-state index >= 15 is 0 Å². The molecule has 148 valence electrons. The number of benzene rings is 3. The zero-order valence-corrected chi connectivity index (χ0v) is 16.8. The average Bonchev–Trinajstić information content (AvgIpc) is 2.90. The molecule has 0 unspecified atom stereocenters. The van der Waals surface area contributed by atoms with Crippen molar-refractivity contribution in [2.75, 3.05) is 16.3 Å². The molecule has 0 fully saturated rings. The first-order valence-corrected chi connectivity index (χ1v) is 10.0. The number of aromatic hydroxyl groups is 1. The Balaban J connectivity index is 1.68. The number of carbonyl (C=O) groups excluding carboxylic acids is 1. The van der Waals surface area contributed by atoms with E-state index in [9.17, 15) is 9.90 Å². The molecule has 5 nitrogen and oxygen atoms in total. The SMILES string of the molecule is O=C1CCN(c2ccc(O)cc2)c2cc(Cl)ccc2N1c1cnc2ccccc2c1. The van der Waals surface area contributed by atoms with Crippen molar-refractivity contribution in [2.45, 2.75) is 6.42 Å². The third-order valence-electron chi connectivity index (χ3n) is 5.26. The van der Waals surface area contributed by atoms with Crippen LogP contribution < -0.4 is 9.80 Å². The Kier molecular flexibility index (Phi) is 4.52. The molecule has 4 aromatic rings. The Morgan fingerprint density at radius 3 is 2.53 bits per heavy atom. The van der Waals surface area contributed by atoms with Crippen molar-refractivity contribution >= 4 is 51.2 Å². The number of nitrogens with zero attached hydrogens (tertiary/aromatic N) is 3. The molecule has 1 N–H and O–H groups in total. The van der Waals surface area contributed by atoms with Gasteiger partial charge in [-0.1, -0.05) is 29.8 Å². The Hall–Kier alpha value is -3.57. The highest BCUT2D eigenvalue weighted by Gasteiger charge is 2.28. The molecule has 6 heteroatoms. The number of carbonyl (C=O) groups is 1. The number of phenols is 1. The lowest BCUT2D eigenvalue weighted by Crippen LogP contribution is -2.25. The van der Waals surface area contributed by atoms with E-state index in [2.05, 4.69) is 4.98 Å². The van der Waals surface area contributed by atoms with Crippen LogP contribution in [0.4, 0.5) is 22.7 Å². The van der Waals surface area contributed by atoms with Gasteiger partial charge < -0.3 is 10.0 Å². The van der Waals surface area contributed by atoms with Crippen LogP contribution in [0.25, 0.3) is 10.9 Å². The second-order valence-corrected chi connectivity index (χ2v) is 7.60. The van der Waals surface area contributed by atoms with Crippen LogP contribution in [0.2, 0.25) is 5.02 Å². The van der Waals surface area contributed by atoms with Crippen LogP contribution in [0, 0.1) is 0 Å². The number of halogens is 1. The van der Waals surface area contributed by atoms with Crippen molar-refractivity contribution in [3.63, 3.8) is 0 Å². The second kappa shape index (κ2) is 7.35. The maximum atomic E-state index is 13.2. The average molecular weight is 416 g/mol. The monoisotopic (exact) mass is 415 g/mol. The quantitative estimate of drug-likeness (QED) is 0.449. The van der Waals surface area contributed by atoms with E-state index in [1.54, 1.807) is 29.3 Å². The molecule has 3 aromatic carbocycles. The van der Waals surface area contributed by atoms with Crippen LogP contribution in [0.1, 0.15) is 6.42 Å². The lowest BCUT2D eigenvalue weighted by Gasteiger charge is -2.27. The molecule has 2 heterocycles. The van der Waals surface area contributed by atoms with Crippen molar-refractivity contribution in [3.05, 3.63) is 84.0 Å². The molecule has 30 heavy (non-hydrogen) atoms. The summed E-state index contributed by atoms with van der Waals surface area (Å²) in [5.41, 5.74) is 4.04. The summed E-state index contributed by atoms with van der Waals surface area (Å²) in [6.07, 6.45) is 2.05. The molecule has 1 aromatic heterocycles. The van der Waals surface area contributed by atoms with Crippen molar-refractivity contribution in [1.29, 1.82) is 0 Å². The number of pyridine rings is 1. The fourth-order valence-electron chi connectivity index (χ4n) is 3.84. The van der Waals surface area contributed by atoms with E-state index in [0.717, 1.165) is 33.7 Å². The topological polar surface area (TPSA) is 56.7 Å². The molecule has 1 aliphatic rings. The first-order valence-electron chi connectivity index (χ1n) is 9.64. The molecular weight excluding hydrogens is 398 g/mol. The lowest BCUT2D eigenvalue weighted by molar-refractivity contribution is -0.117. The van der Waals surface area contributed by atoms with Gasteiger partial charge in [-0.3, -0.25) is 14.7 Å². The maximum absolute atomic E-state index is 13.2. The third kappa shape index (κ3) is 3.23. The number of para-hydroxylation sites is 1. The molecule has 0 saturated carbocycles. The Bertz CT molecular complexity index is 1260. The van der Waals surface area contributed by atoms with Crippen molar-refractivity contribution < 1.29 is 9.90 Å². The highest BCUT2D eigenvalue weighted by atomic mass is 35.5. The first-order chi connectivity index (χ1) is 14.6. The zero-order valence-electron chi connectivity index (χ0n) is 16.0. The molecular formula is C24H18ClN3O2. The normalized spacial score (nSPS) is 14.0. The van der Waals surface area contributed by atoms with Gasteiger partial charge in [-0.2, -0.15) is 0 Å². The Labute approximate surface area is 178 Å². The van der Waals surface area contributed by atoms with Gasteiger partial charge in [-0.25, -0.2) is 0 Å². The summed E-state index contributed by atoms with van der Waals surface area (Å²) in [6.45, 7) is 0.495. The van der Waals surface area contributed by atoms with Crippen LogP contribution in [0.15, 0.2) is 79.0 Å². The van der Waals surface area contributed by atoms with E-state index in [1.807, 2.05) is 59.5 Å². The minimum absolute atomic E-state index is 0.0167. The van der Waals surface area contributed by atoms with Gasteiger partial charge in [0, 0.05) is 29.1 Å². The van der Waals surface area contributed by atoms with Gasteiger partial charge in [0.15, 0.2) is 0 Å². The highest BCUT2D eigenvalue weighted by molar-refractivity contribution is 6.31. The minimum Gasteiger partial charge on any atom is -0.508 e. The van der Waals surface area contributed by atoms with Crippen LogP contribution in [0.5, 0.6) is 5.75 Å². The van der Waals surface area contributed by atoms with Gasteiger partial charge in [0.2, 0.25) is 5.91 Å². The van der Waals surface area contributed by atoms with Crippen molar-refractivity contribution in [1.82, 2.24) is 4.98 Å². The molecule has 5 rings (SSSR count). The first kappa shape index (κ1) is 18.5. The van der Waals surface area contributed by atoms with Crippen LogP contribution in [0.3, 0.4) is 0 Å². The number of hydrogen-bond donors (Lipinski definition) is 1. The fourth-order valence-corrected chi connectivity index (χ4v) is 4.01. The molecule has 0 bridgehead atoms. The molecule has 1 amide bonds. The summed E-state index contributed by atoms with van der Waals surface area (Å²) in [5, 5.41) is 11.2. The van der Waals surface area contributed by atoms with Crippen molar-refractivity contribution in [3.8, 4) is 5.75 Å². The highest BCUT2D eigenvalue weighted by Crippen LogP contribution is 2.42. The number of rotatable bonds is 2.